The first kappa shape index (κ1) is 12.7. The highest BCUT2D eigenvalue weighted by molar-refractivity contribution is 6.32. The lowest BCUT2D eigenvalue weighted by Gasteiger charge is -2.10. The fraction of sp³-hybridized carbons (Fsp3) is 0.214. The highest BCUT2D eigenvalue weighted by atomic mass is 35.5. The minimum absolute atomic E-state index is 0.321. The molecule has 2 aromatic rings. The van der Waals surface area contributed by atoms with Crippen molar-refractivity contribution in [3.8, 4) is 5.75 Å². The summed E-state index contributed by atoms with van der Waals surface area (Å²) in [6.07, 6.45) is 0. The molecular weight excluding hydrogens is 252 g/mol. The zero-order valence-corrected chi connectivity index (χ0v) is 11.0. The van der Waals surface area contributed by atoms with E-state index in [1.54, 1.807) is 32.2 Å². The van der Waals surface area contributed by atoms with Gasteiger partial charge in [0.15, 0.2) is 0 Å². The molecule has 0 aliphatic heterocycles. The van der Waals surface area contributed by atoms with Crippen LogP contribution in [0.4, 0.5) is 0 Å². The molecule has 0 aromatic heterocycles. The van der Waals surface area contributed by atoms with Crippen molar-refractivity contribution in [2.24, 2.45) is 0 Å². The van der Waals surface area contributed by atoms with Crippen molar-refractivity contribution in [1.29, 1.82) is 0 Å². The Morgan fingerprint density at radius 3 is 2.78 bits per heavy atom. The monoisotopic (exact) mass is 264 g/mol. The molecule has 18 heavy (non-hydrogen) atoms. The third-order valence-electron chi connectivity index (χ3n) is 2.62. The van der Waals surface area contributed by atoms with Gasteiger partial charge in [0.1, 0.15) is 5.75 Å². The summed E-state index contributed by atoms with van der Waals surface area (Å²) in [6.45, 7) is 2.09. The van der Waals surface area contributed by atoms with Crippen LogP contribution in [0.15, 0.2) is 30.3 Å². The van der Waals surface area contributed by atoms with Crippen molar-refractivity contribution in [2.45, 2.75) is 6.92 Å². The van der Waals surface area contributed by atoms with Crippen LogP contribution in [0, 0.1) is 0 Å². The summed E-state index contributed by atoms with van der Waals surface area (Å²) in [6, 6.07) is 8.93. The Labute approximate surface area is 110 Å². The van der Waals surface area contributed by atoms with Gasteiger partial charge in [0.05, 0.1) is 19.3 Å². The number of esters is 1. The van der Waals surface area contributed by atoms with Crippen LogP contribution in [0.2, 0.25) is 5.02 Å². The number of hydrogen-bond donors (Lipinski definition) is 0. The molecule has 0 heterocycles. The molecule has 0 fully saturated rings. The zero-order chi connectivity index (χ0) is 13.1. The van der Waals surface area contributed by atoms with Crippen molar-refractivity contribution in [3.05, 3.63) is 40.9 Å². The highest BCUT2D eigenvalue weighted by Crippen LogP contribution is 2.32. The molecule has 2 rings (SSSR count). The summed E-state index contributed by atoms with van der Waals surface area (Å²) < 4.78 is 10.3. The van der Waals surface area contributed by atoms with Gasteiger partial charge >= 0.3 is 5.97 Å². The summed E-state index contributed by atoms with van der Waals surface area (Å²) in [5.41, 5.74) is 0.428. The molecule has 0 saturated carbocycles. The van der Waals surface area contributed by atoms with Gasteiger partial charge in [0.25, 0.3) is 0 Å². The predicted octanol–water partition coefficient (Wildman–Crippen LogP) is 3.68. The van der Waals surface area contributed by atoms with E-state index in [1.807, 2.05) is 12.1 Å². The van der Waals surface area contributed by atoms with E-state index >= 15 is 0 Å². The number of hydrogen-bond acceptors (Lipinski definition) is 3. The smallest absolute Gasteiger partial charge is 0.338 e. The fourth-order valence-corrected chi connectivity index (χ4v) is 2.12. The molecule has 2 aromatic carbocycles. The van der Waals surface area contributed by atoms with E-state index < -0.39 is 5.97 Å². The van der Waals surface area contributed by atoms with E-state index in [2.05, 4.69) is 0 Å². The number of carbonyl (C=O) groups is 1. The van der Waals surface area contributed by atoms with Crippen LogP contribution in [0.25, 0.3) is 10.8 Å². The Morgan fingerprint density at radius 2 is 2.11 bits per heavy atom. The number of methoxy groups -OCH3 is 1. The van der Waals surface area contributed by atoms with Crippen LogP contribution in [-0.2, 0) is 4.74 Å². The van der Waals surface area contributed by atoms with Gasteiger partial charge in [-0.25, -0.2) is 4.79 Å². The Balaban J connectivity index is 2.73. The largest absolute Gasteiger partial charge is 0.496 e. The number of rotatable bonds is 3. The lowest BCUT2D eigenvalue weighted by molar-refractivity contribution is 0.0528. The maximum atomic E-state index is 11.9. The normalized spacial score (nSPS) is 10.4. The summed E-state index contributed by atoms with van der Waals surface area (Å²) in [5.74, 6) is 0.238. The van der Waals surface area contributed by atoms with E-state index in [0.717, 1.165) is 10.8 Å². The van der Waals surface area contributed by atoms with Crippen LogP contribution >= 0.6 is 11.6 Å². The van der Waals surface area contributed by atoms with E-state index in [9.17, 15) is 4.79 Å². The number of benzene rings is 2. The Hall–Kier alpha value is -1.74. The molecule has 0 bridgehead atoms. The minimum Gasteiger partial charge on any atom is -0.496 e. The second kappa shape index (κ2) is 5.27. The molecule has 94 valence electrons. The third kappa shape index (κ3) is 2.27. The van der Waals surface area contributed by atoms with Crippen molar-refractivity contribution in [1.82, 2.24) is 0 Å². The average Bonchev–Trinajstić information content (AvgIpc) is 2.37. The molecule has 0 N–H and O–H groups in total. The van der Waals surface area contributed by atoms with Crippen molar-refractivity contribution >= 4 is 28.3 Å². The minimum atomic E-state index is -0.394. The molecular formula is C14H13ClO3. The molecule has 0 amide bonds. The molecule has 4 heteroatoms. The number of fused-ring (bicyclic) bond motifs is 1. The molecule has 0 unspecified atom stereocenters. The first-order chi connectivity index (χ1) is 8.67. The van der Waals surface area contributed by atoms with Gasteiger partial charge in [0, 0.05) is 10.4 Å². The maximum absolute atomic E-state index is 11.9. The summed E-state index contributed by atoms with van der Waals surface area (Å²) in [5, 5.41) is 2.08. The Bertz CT molecular complexity index is 593. The zero-order valence-electron chi connectivity index (χ0n) is 10.2. The Kier molecular flexibility index (Phi) is 3.72. The van der Waals surface area contributed by atoms with E-state index in [0.29, 0.717) is 22.9 Å². The van der Waals surface area contributed by atoms with Crippen LogP contribution < -0.4 is 4.74 Å². The molecule has 0 atom stereocenters. The number of halogens is 1. The molecule has 0 aliphatic rings. The van der Waals surface area contributed by atoms with Crippen LogP contribution in [0.3, 0.4) is 0 Å². The number of ether oxygens (including phenoxy) is 2. The van der Waals surface area contributed by atoms with Gasteiger partial charge in [-0.1, -0.05) is 23.7 Å². The predicted molar refractivity (Wildman–Crippen MR) is 71.5 cm³/mol. The van der Waals surface area contributed by atoms with Crippen LogP contribution in [0.1, 0.15) is 17.3 Å². The van der Waals surface area contributed by atoms with Gasteiger partial charge in [-0.15, -0.1) is 0 Å². The van der Waals surface area contributed by atoms with Gasteiger partial charge in [-0.2, -0.15) is 0 Å². The van der Waals surface area contributed by atoms with E-state index in [4.69, 9.17) is 21.1 Å². The van der Waals surface area contributed by atoms with Gasteiger partial charge in [0.2, 0.25) is 0 Å². The van der Waals surface area contributed by atoms with Gasteiger partial charge < -0.3 is 9.47 Å². The van der Waals surface area contributed by atoms with Crippen molar-refractivity contribution in [3.63, 3.8) is 0 Å². The lowest BCUT2D eigenvalue weighted by atomic mass is 10.0. The van der Waals surface area contributed by atoms with E-state index in [1.165, 1.54) is 0 Å². The standard InChI is InChI=1S/C14H13ClO3/c1-3-18-14(16)11-8-10(15)7-9-5-4-6-12(17-2)13(9)11/h4-8H,3H2,1-2H3. The van der Waals surface area contributed by atoms with Gasteiger partial charge in [-0.05, 0) is 30.5 Å². The topological polar surface area (TPSA) is 35.5 Å². The van der Waals surface area contributed by atoms with Gasteiger partial charge in [-0.3, -0.25) is 0 Å². The highest BCUT2D eigenvalue weighted by Gasteiger charge is 2.15. The van der Waals surface area contributed by atoms with Crippen molar-refractivity contribution < 1.29 is 14.3 Å². The number of carbonyl (C=O) groups excluding carboxylic acids is 1. The van der Waals surface area contributed by atoms with Crippen molar-refractivity contribution in [2.75, 3.05) is 13.7 Å². The summed E-state index contributed by atoms with van der Waals surface area (Å²) >= 11 is 6.02. The average molecular weight is 265 g/mol. The SMILES string of the molecule is CCOC(=O)c1cc(Cl)cc2cccc(OC)c12. The first-order valence-electron chi connectivity index (χ1n) is 5.60. The summed E-state index contributed by atoms with van der Waals surface area (Å²) in [4.78, 5) is 11.9. The molecule has 0 saturated heterocycles. The van der Waals surface area contributed by atoms with Crippen LogP contribution in [-0.4, -0.2) is 19.7 Å². The molecule has 3 nitrogen and oxygen atoms in total. The maximum Gasteiger partial charge on any atom is 0.338 e. The fourth-order valence-electron chi connectivity index (χ4n) is 1.90. The molecule has 0 radical (unpaired) electrons. The second-order valence-corrected chi connectivity index (χ2v) is 4.17. The molecule has 0 spiro atoms. The lowest BCUT2D eigenvalue weighted by Crippen LogP contribution is -2.06. The second-order valence-electron chi connectivity index (χ2n) is 3.73. The quantitative estimate of drug-likeness (QED) is 0.794. The van der Waals surface area contributed by atoms with E-state index in [-0.39, 0.29) is 0 Å². The molecule has 0 aliphatic carbocycles. The third-order valence-corrected chi connectivity index (χ3v) is 2.84. The Morgan fingerprint density at radius 1 is 1.33 bits per heavy atom. The summed E-state index contributed by atoms with van der Waals surface area (Å²) in [7, 11) is 1.57. The first-order valence-corrected chi connectivity index (χ1v) is 5.98. The van der Waals surface area contributed by atoms with Crippen LogP contribution in [0.5, 0.6) is 5.75 Å².